The zero-order valence-corrected chi connectivity index (χ0v) is 15.0. The normalized spacial score (nSPS) is 15.5. The van der Waals surface area contributed by atoms with Crippen LogP contribution >= 0.6 is 22.7 Å². The molecule has 0 aliphatic heterocycles. The largest absolute Gasteiger partial charge is 0.348 e. The van der Waals surface area contributed by atoms with Gasteiger partial charge in [-0.3, -0.25) is 0 Å². The summed E-state index contributed by atoms with van der Waals surface area (Å²) in [6.07, 6.45) is 8.04. The zero-order valence-electron chi connectivity index (χ0n) is 13.4. The number of fused-ring (bicyclic) bond motifs is 1. The lowest BCUT2D eigenvalue weighted by molar-refractivity contribution is 0.602. The van der Waals surface area contributed by atoms with Gasteiger partial charge in [0.15, 0.2) is 0 Å². The summed E-state index contributed by atoms with van der Waals surface area (Å²) in [6, 6.07) is 7.28. The number of hydrogen-bond donors (Lipinski definition) is 0. The third-order valence-corrected chi connectivity index (χ3v) is 6.70. The molecule has 0 amide bonds. The van der Waals surface area contributed by atoms with Crippen molar-refractivity contribution in [3.8, 4) is 0 Å². The van der Waals surface area contributed by atoms with Crippen LogP contribution in [0.2, 0.25) is 0 Å². The highest BCUT2D eigenvalue weighted by atomic mass is 32.1. The molecule has 1 fully saturated rings. The van der Waals surface area contributed by atoms with E-state index < -0.39 is 0 Å². The fourth-order valence-electron chi connectivity index (χ4n) is 3.46. The summed E-state index contributed by atoms with van der Waals surface area (Å²) >= 11 is 3.64. The predicted molar refractivity (Wildman–Crippen MR) is 99.6 cm³/mol. The first-order valence-electron chi connectivity index (χ1n) is 8.37. The molecule has 1 aliphatic rings. The summed E-state index contributed by atoms with van der Waals surface area (Å²) in [5, 5.41) is 3.40. The van der Waals surface area contributed by atoms with Crippen molar-refractivity contribution in [3.63, 3.8) is 0 Å². The van der Waals surface area contributed by atoms with Crippen LogP contribution in [-0.2, 0) is 13.0 Å². The Morgan fingerprint density at radius 2 is 2.09 bits per heavy atom. The van der Waals surface area contributed by atoms with Crippen LogP contribution in [0.15, 0.2) is 29.9 Å². The molecule has 0 radical (unpaired) electrons. The first-order valence-corrected chi connectivity index (χ1v) is 10.1. The molecule has 0 N–H and O–H groups in total. The van der Waals surface area contributed by atoms with E-state index in [2.05, 4.69) is 40.4 Å². The van der Waals surface area contributed by atoms with Crippen molar-refractivity contribution in [1.29, 1.82) is 0 Å². The zero-order chi connectivity index (χ0) is 15.6. The van der Waals surface area contributed by atoms with Gasteiger partial charge in [-0.1, -0.05) is 25.8 Å². The van der Waals surface area contributed by atoms with Crippen molar-refractivity contribution in [3.05, 3.63) is 39.7 Å². The van der Waals surface area contributed by atoms with Gasteiger partial charge in [0.05, 0.1) is 11.9 Å². The molecule has 3 heterocycles. The molecule has 3 aromatic rings. The van der Waals surface area contributed by atoms with Gasteiger partial charge in [-0.05, 0) is 36.8 Å². The fourth-order valence-corrected chi connectivity index (χ4v) is 5.09. The van der Waals surface area contributed by atoms with E-state index in [1.165, 1.54) is 40.8 Å². The number of thiophene rings is 2. The first-order chi connectivity index (χ1) is 11.3. The topological polar surface area (TPSA) is 29.0 Å². The number of nitrogens with zero attached hydrogens (tertiary/aromatic N) is 3. The quantitative estimate of drug-likeness (QED) is 0.632. The summed E-state index contributed by atoms with van der Waals surface area (Å²) in [5.74, 6) is 1.13. The number of hydrogen-bond acceptors (Lipinski definition) is 5. The van der Waals surface area contributed by atoms with Crippen LogP contribution < -0.4 is 4.90 Å². The highest BCUT2D eigenvalue weighted by Crippen LogP contribution is 2.35. The standard InChI is InChI=1S/C18H21N3S2/c1-2-14-10-16-17(19-12-20-18(16)23-14)21(13-6-3-4-7-13)11-15-8-5-9-22-15/h5,8-10,12-13H,2-4,6-7,11H2,1H3. The van der Waals surface area contributed by atoms with Crippen LogP contribution in [0.25, 0.3) is 10.2 Å². The third-order valence-electron chi connectivity index (χ3n) is 4.65. The van der Waals surface area contributed by atoms with Crippen LogP contribution in [0, 0.1) is 0 Å². The summed E-state index contributed by atoms with van der Waals surface area (Å²) < 4.78 is 0. The molecule has 0 bridgehead atoms. The van der Waals surface area contributed by atoms with E-state index in [-0.39, 0.29) is 0 Å². The Morgan fingerprint density at radius 1 is 1.22 bits per heavy atom. The SMILES string of the molecule is CCc1cc2c(N(Cc3cccs3)C3CCCC3)ncnc2s1. The molecule has 0 spiro atoms. The molecule has 0 atom stereocenters. The molecule has 5 heteroatoms. The van der Waals surface area contributed by atoms with E-state index in [0.29, 0.717) is 6.04 Å². The van der Waals surface area contributed by atoms with Crippen molar-refractivity contribution in [2.75, 3.05) is 4.90 Å². The van der Waals surface area contributed by atoms with E-state index in [1.54, 1.807) is 17.7 Å². The van der Waals surface area contributed by atoms with E-state index in [4.69, 9.17) is 4.98 Å². The van der Waals surface area contributed by atoms with Crippen molar-refractivity contribution in [2.45, 2.75) is 51.6 Å². The Kier molecular flexibility index (Phi) is 4.31. The smallest absolute Gasteiger partial charge is 0.141 e. The predicted octanol–water partition coefficient (Wildman–Crippen LogP) is 5.26. The highest BCUT2D eigenvalue weighted by Gasteiger charge is 2.26. The lowest BCUT2D eigenvalue weighted by Gasteiger charge is -2.30. The van der Waals surface area contributed by atoms with Gasteiger partial charge in [0.25, 0.3) is 0 Å². The molecular formula is C18H21N3S2. The van der Waals surface area contributed by atoms with Crippen molar-refractivity contribution in [2.24, 2.45) is 0 Å². The van der Waals surface area contributed by atoms with Gasteiger partial charge < -0.3 is 4.90 Å². The van der Waals surface area contributed by atoms with E-state index in [0.717, 1.165) is 23.6 Å². The molecule has 1 saturated carbocycles. The highest BCUT2D eigenvalue weighted by molar-refractivity contribution is 7.18. The molecule has 0 aromatic carbocycles. The average Bonchev–Trinajstić information content (AvgIpc) is 3.32. The summed E-state index contributed by atoms with van der Waals surface area (Å²) in [4.78, 5) is 15.7. The van der Waals surface area contributed by atoms with Crippen LogP contribution in [0.5, 0.6) is 0 Å². The molecule has 4 rings (SSSR count). The Morgan fingerprint density at radius 3 is 2.83 bits per heavy atom. The van der Waals surface area contributed by atoms with Gasteiger partial charge >= 0.3 is 0 Å². The maximum absolute atomic E-state index is 4.71. The average molecular weight is 344 g/mol. The minimum absolute atomic E-state index is 0.611. The second kappa shape index (κ2) is 6.57. The first kappa shape index (κ1) is 15.1. The molecule has 1 aliphatic carbocycles. The molecule has 120 valence electrons. The van der Waals surface area contributed by atoms with E-state index in [1.807, 2.05) is 11.3 Å². The minimum Gasteiger partial charge on any atom is -0.348 e. The number of aromatic nitrogens is 2. The number of anilines is 1. The van der Waals surface area contributed by atoms with Crippen molar-refractivity contribution in [1.82, 2.24) is 9.97 Å². The Balaban J connectivity index is 1.77. The van der Waals surface area contributed by atoms with Gasteiger partial charge in [-0.2, -0.15) is 0 Å². The van der Waals surface area contributed by atoms with Crippen molar-refractivity contribution < 1.29 is 0 Å². The second-order valence-corrected chi connectivity index (χ2v) is 8.28. The summed E-state index contributed by atoms with van der Waals surface area (Å²) in [7, 11) is 0. The lowest BCUT2D eigenvalue weighted by atomic mass is 10.2. The number of aryl methyl sites for hydroxylation is 1. The second-order valence-electron chi connectivity index (χ2n) is 6.13. The van der Waals surface area contributed by atoms with Crippen LogP contribution in [0.4, 0.5) is 5.82 Å². The van der Waals surface area contributed by atoms with E-state index >= 15 is 0 Å². The molecule has 23 heavy (non-hydrogen) atoms. The van der Waals surface area contributed by atoms with Crippen molar-refractivity contribution >= 4 is 38.7 Å². The van der Waals surface area contributed by atoms with Gasteiger partial charge in [0.1, 0.15) is 17.0 Å². The lowest BCUT2D eigenvalue weighted by Crippen LogP contribution is -2.33. The maximum atomic E-state index is 4.71. The monoisotopic (exact) mass is 343 g/mol. The van der Waals surface area contributed by atoms with Crippen LogP contribution in [-0.4, -0.2) is 16.0 Å². The molecular weight excluding hydrogens is 322 g/mol. The van der Waals surface area contributed by atoms with Gasteiger partial charge in [0, 0.05) is 15.8 Å². The van der Waals surface area contributed by atoms with Gasteiger partial charge in [-0.15, -0.1) is 22.7 Å². The van der Waals surface area contributed by atoms with Crippen LogP contribution in [0.3, 0.4) is 0 Å². The molecule has 3 aromatic heterocycles. The molecule has 3 nitrogen and oxygen atoms in total. The van der Waals surface area contributed by atoms with Gasteiger partial charge in [0.2, 0.25) is 0 Å². The Labute approximate surface area is 145 Å². The minimum atomic E-state index is 0.611. The molecule has 0 saturated heterocycles. The summed E-state index contributed by atoms with van der Waals surface area (Å²) in [5.41, 5.74) is 0. The third kappa shape index (κ3) is 3.00. The van der Waals surface area contributed by atoms with E-state index in [9.17, 15) is 0 Å². The Hall–Kier alpha value is -1.46. The Bertz CT molecular complexity index is 773. The maximum Gasteiger partial charge on any atom is 0.141 e. The fraction of sp³-hybridized carbons (Fsp3) is 0.444. The van der Waals surface area contributed by atoms with Gasteiger partial charge in [-0.25, -0.2) is 9.97 Å². The van der Waals surface area contributed by atoms with Crippen LogP contribution in [0.1, 0.15) is 42.4 Å². The summed E-state index contributed by atoms with van der Waals surface area (Å²) in [6.45, 7) is 3.17. The number of rotatable bonds is 5. The molecule has 0 unspecified atom stereocenters.